The van der Waals surface area contributed by atoms with Crippen molar-refractivity contribution in [3.8, 4) is 0 Å². The van der Waals surface area contributed by atoms with Crippen molar-refractivity contribution >= 4 is 15.7 Å². The number of nitrogens with one attached hydrogen (secondary N) is 1. The number of piperidine rings is 1. The fourth-order valence-electron chi connectivity index (χ4n) is 3.23. The Morgan fingerprint density at radius 1 is 1.29 bits per heavy atom. The van der Waals surface area contributed by atoms with Crippen molar-refractivity contribution in [2.24, 2.45) is 11.8 Å². The fourth-order valence-corrected chi connectivity index (χ4v) is 5.09. The molecule has 6 heteroatoms. The second-order valence-corrected chi connectivity index (χ2v) is 9.07. The molecule has 0 spiro atoms. The summed E-state index contributed by atoms with van der Waals surface area (Å²) in [5.41, 5.74) is 0. The molecule has 0 radical (unpaired) electrons. The Morgan fingerprint density at radius 2 is 1.95 bits per heavy atom. The number of likely N-dealkylation sites (tertiary alicyclic amines) is 1. The first kappa shape index (κ1) is 16.7. The predicted molar refractivity (Wildman–Crippen MR) is 83.8 cm³/mol. The zero-order valence-corrected chi connectivity index (χ0v) is 14.0. The van der Waals surface area contributed by atoms with Crippen molar-refractivity contribution in [2.75, 3.05) is 31.1 Å². The van der Waals surface area contributed by atoms with Crippen LogP contribution < -0.4 is 5.32 Å². The summed E-state index contributed by atoms with van der Waals surface area (Å²) in [6.45, 7) is 7.32. The van der Waals surface area contributed by atoms with E-state index in [0.29, 0.717) is 25.4 Å². The van der Waals surface area contributed by atoms with Crippen molar-refractivity contribution < 1.29 is 13.2 Å². The van der Waals surface area contributed by atoms with Crippen LogP contribution in [0.2, 0.25) is 0 Å². The van der Waals surface area contributed by atoms with Crippen LogP contribution in [0.4, 0.5) is 0 Å². The van der Waals surface area contributed by atoms with Gasteiger partial charge in [0.1, 0.15) is 0 Å². The Labute approximate surface area is 128 Å². The average molecular weight is 316 g/mol. The third-order valence-corrected chi connectivity index (χ3v) is 6.67. The number of amides is 1. The van der Waals surface area contributed by atoms with E-state index in [-0.39, 0.29) is 23.3 Å². The van der Waals surface area contributed by atoms with Crippen LogP contribution in [-0.2, 0) is 14.6 Å². The molecule has 2 heterocycles. The normalized spacial score (nSPS) is 28.4. The van der Waals surface area contributed by atoms with Crippen molar-refractivity contribution in [3.63, 3.8) is 0 Å². The van der Waals surface area contributed by atoms with E-state index < -0.39 is 9.84 Å². The van der Waals surface area contributed by atoms with Gasteiger partial charge in [-0.2, -0.15) is 0 Å². The minimum atomic E-state index is -2.88. The number of rotatable bonds is 5. The van der Waals surface area contributed by atoms with Crippen LogP contribution in [0.15, 0.2) is 0 Å². The number of sulfone groups is 1. The van der Waals surface area contributed by atoms with Gasteiger partial charge in [0.05, 0.1) is 11.5 Å². The summed E-state index contributed by atoms with van der Waals surface area (Å²) in [5.74, 6) is 1.25. The van der Waals surface area contributed by atoms with Gasteiger partial charge in [-0.15, -0.1) is 0 Å². The largest absolute Gasteiger partial charge is 0.355 e. The standard InChI is InChI=1S/C15H28N2O3S/c1-12-3-6-17(7-4-12)13(2)10-16-15(18)9-14-5-8-21(19,20)11-14/h12-14H,3-11H2,1-2H3,(H,16,18)/t13-,14+/m0/s1. The molecule has 0 aromatic carbocycles. The minimum Gasteiger partial charge on any atom is -0.355 e. The molecule has 2 aliphatic heterocycles. The summed E-state index contributed by atoms with van der Waals surface area (Å²) in [5, 5.41) is 2.97. The molecule has 2 fully saturated rings. The molecule has 1 N–H and O–H groups in total. The van der Waals surface area contributed by atoms with Gasteiger partial charge in [0.2, 0.25) is 5.91 Å². The highest BCUT2D eigenvalue weighted by molar-refractivity contribution is 7.91. The van der Waals surface area contributed by atoms with E-state index >= 15 is 0 Å². The number of carbonyl (C=O) groups is 1. The van der Waals surface area contributed by atoms with Gasteiger partial charge in [0, 0.05) is 19.0 Å². The first-order valence-electron chi connectivity index (χ1n) is 8.07. The van der Waals surface area contributed by atoms with Crippen molar-refractivity contribution in [1.29, 1.82) is 0 Å². The maximum absolute atomic E-state index is 11.9. The maximum Gasteiger partial charge on any atom is 0.220 e. The lowest BCUT2D eigenvalue weighted by molar-refractivity contribution is -0.122. The van der Waals surface area contributed by atoms with Gasteiger partial charge >= 0.3 is 0 Å². The van der Waals surface area contributed by atoms with Crippen LogP contribution in [0.5, 0.6) is 0 Å². The molecule has 0 saturated carbocycles. The van der Waals surface area contributed by atoms with Gasteiger partial charge in [0.15, 0.2) is 9.84 Å². The van der Waals surface area contributed by atoms with Crippen LogP contribution in [0.1, 0.15) is 39.5 Å². The van der Waals surface area contributed by atoms with Crippen LogP contribution in [0, 0.1) is 11.8 Å². The Morgan fingerprint density at radius 3 is 2.52 bits per heavy atom. The second-order valence-electron chi connectivity index (χ2n) is 6.84. The summed E-state index contributed by atoms with van der Waals surface area (Å²) >= 11 is 0. The predicted octanol–water partition coefficient (Wildman–Crippen LogP) is 1.05. The zero-order valence-electron chi connectivity index (χ0n) is 13.2. The molecule has 0 aromatic heterocycles. The third-order valence-electron chi connectivity index (χ3n) is 4.84. The Bertz CT molecular complexity index is 456. The van der Waals surface area contributed by atoms with Crippen molar-refractivity contribution in [2.45, 2.75) is 45.6 Å². The van der Waals surface area contributed by atoms with Gasteiger partial charge in [-0.3, -0.25) is 9.69 Å². The first-order valence-corrected chi connectivity index (χ1v) is 9.89. The van der Waals surface area contributed by atoms with Crippen molar-refractivity contribution in [1.82, 2.24) is 10.2 Å². The molecule has 2 aliphatic rings. The molecule has 0 bridgehead atoms. The molecule has 21 heavy (non-hydrogen) atoms. The zero-order chi connectivity index (χ0) is 15.5. The average Bonchev–Trinajstić information content (AvgIpc) is 2.76. The lowest BCUT2D eigenvalue weighted by Gasteiger charge is -2.35. The summed E-state index contributed by atoms with van der Waals surface area (Å²) in [6, 6.07) is 0.355. The van der Waals surface area contributed by atoms with Gasteiger partial charge in [-0.05, 0) is 51.1 Å². The molecule has 0 aromatic rings. The molecular formula is C15H28N2O3S. The van der Waals surface area contributed by atoms with Gasteiger partial charge < -0.3 is 5.32 Å². The quantitative estimate of drug-likeness (QED) is 0.823. The van der Waals surface area contributed by atoms with E-state index in [4.69, 9.17) is 0 Å². The summed E-state index contributed by atoms with van der Waals surface area (Å²) in [4.78, 5) is 14.4. The molecule has 0 aliphatic carbocycles. The molecule has 5 nitrogen and oxygen atoms in total. The van der Waals surface area contributed by atoms with Gasteiger partial charge in [0.25, 0.3) is 0 Å². The molecule has 1 amide bonds. The summed E-state index contributed by atoms with van der Waals surface area (Å²) in [6.07, 6.45) is 3.45. The number of nitrogens with zero attached hydrogens (tertiary/aromatic N) is 1. The van der Waals surface area contributed by atoms with Crippen LogP contribution >= 0.6 is 0 Å². The maximum atomic E-state index is 11.9. The Hall–Kier alpha value is -0.620. The molecule has 2 rings (SSSR count). The Balaban J connectivity index is 1.67. The van der Waals surface area contributed by atoms with E-state index in [1.165, 1.54) is 12.8 Å². The smallest absolute Gasteiger partial charge is 0.220 e. The van der Waals surface area contributed by atoms with Gasteiger partial charge in [-0.25, -0.2) is 8.42 Å². The molecule has 2 saturated heterocycles. The first-order chi connectivity index (χ1) is 9.85. The minimum absolute atomic E-state index is 0.00525. The van der Waals surface area contributed by atoms with Crippen LogP contribution in [0.3, 0.4) is 0 Å². The lowest BCUT2D eigenvalue weighted by Crippen LogP contribution is -2.45. The summed E-state index contributed by atoms with van der Waals surface area (Å²) in [7, 11) is -2.88. The number of hydrogen-bond acceptors (Lipinski definition) is 4. The highest BCUT2D eigenvalue weighted by Gasteiger charge is 2.29. The van der Waals surface area contributed by atoms with Crippen LogP contribution in [-0.4, -0.2) is 56.4 Å². The van der Waals surface area contributed by atoms with E-state index in [1.807, 2.05) is 0 Å². The molecular weight excluding hydrogens is 288 g/mol. The van der Waals surface area contributed by atoms with E-state index in [0.717, 1.165) is 19.0 Å². The van der Waals surface area contributed by atoms with Gasteiger partial charge in [-0.1, -0.05) is 6.92 Å². The van der Waals surface area contributed by atoms with E-state index in [2.05, 4.69) is 24.1 Å². The van der Waals surface area contributed by atoms with Crippen molar-refractivity contribution in [3.05, 3.63) is 0 Å². The molecule has 0 unspecified atom stereocenters. The number of carbonyl (C=O) groups excluding carboxylic acids is 1. The number of hydrogen-bond donors (Lipinski definition) is 1. The molecule has 2 atom stereocenters. The highest BCUT2D eigenvalue weighted by Crippen LogP contribution is 2.21. The van der Waals surface area contributed by atoms with Crippen LogP contribution in [0.25, 0.3) is 0 Å². The lowest BCUT2D eigenvalue weighted by atomic mass is 9.98. The summed E-state index contributed by atoms with van der Waals surface area (Å²) < 4.78 is 22.8. The highest BCUT2D eigenvalue weighted by atomic mass is 32.2. The monoisotopic (exact) mass is 316 g/mol. The van der Waals surface area contributed by atoms with E-state index in [1.54, 1.807) is 0 Å². The topological polar surface area (TPSA) is 66.5 Å². The van der Waals surface area contributed by atoms with E-state index in [9.17, 15) is 13.2 Å². The Kier molecular flexibility index (Phi) is 5.66. The third kappa shape index (κ3) is 5.25. The molecule has 122 valence electrons. The SMILES string of the molecule is CC1CCN([C@@H](C)CNC(=O)C[C@H]2CCS(=O)(=O)C2)CC1. The second kappa shape index (κ2) is 7.09. The fraction of sp³-hybridized carbons (Fsp3) is 0.933.